The first kappa shape index (κ1) is 29.2. The van der Waals surface area contributed by atoms with Crippen LogP contribution in [0.2, 0.25) is 0 Å². The Hall–Kier alpha value is -6.56. The number of nitrogens with zero attached hydrogens (tertiary/aromatic N) is 2. The molecule has 0 fully saturated rings. The summed E-state index contributed by atoms with van der Waals surface area (Å²) in [4.78, 5) is 10.4. The van der Waals surface area contributed by atoms with E-state index >= 15 is 0 Å². The second-order valence-corrected chi connectivity index (χ2v) is 14.3. The van der Waals surface area contributed by atoms with Crippen molar-refractivity contribution in [3.05, 3.63) is 180 Å². The molecule has 0 saturated carbocycles. The Balaban J connectivity index is 1.24. The molecule has 0 spiro atoms. The van der Waals surface area contributed by atoms with Gasteiger partial charge in [0.05, 0.1) is 0 Å². The molecule has 1 N–H and O–H groups in total. The Morgan fingerprint density at radius 2 is 1.12 bits per heavy atom. The number of thiophene rings is 1. The van der Waals surface area contributed by atoms with Crippen molar-refractivity contribution in [3.8, 4) is 11.1 Å². The molecule has 52 heavy (non-hydrogen) atoms. The summed E-state index contributed by atoms with van der Waals surface area (Å²) in [5.74, 6) is 1.52. The molecule has 3 heterocycles. The Labute approximate surface area is 303 Å². The highest BCUT2D eigenvalue weighted by Gasteiger charge is 2.27. The molecule has 8 aromatic carbocycles. The standard InChI is InChI=1S/C47H29N3OS/c1-3-15-28(16-4-1)45-48-46(29-17-5-2-6-18-29)50-47(49-45)41-33-22-9-7-20-31(33)40(32-21-8-10-23-34(32)41)37-27-36-30-19-11-13-25-38(30)51-43(36)42-35-24-12-14-26-39(35)52-44(37)42/h1-27,45H,(H,48,49,50). The lowest BCUT2D eigenvalue weighted by Crippen LogP contribution is -2.34. The Bertz CT molecular complexity index is 3040. The Kier molecular flexibility index (Phi) is 6.45. The zero-order valence-corrected chi connectivity index (χ0v) is 28.7. The van der Waals surface area contributed by atoms with Gasteiger partial charge in [-0.25, -0.2) is 9.98 Å². The van der Waals surface area contributed by atoms with Gasteiger partial charge in [-0.3, -0.25) is 0 Å². The summed E-state index contributed by atoms with van der Waals surface area (Å²) in [5.41, 5.74) is 7.42. The van der Waals surface area contributed by atoms with Crippen molar-refractivity contribution in [3.63, 3.8) is 0 Å². The quantitative estimate of drug-likeness (QED) is 0.188. The fourth-order valence-corrected chi connectivity index (χ4v) is 9.25. The summed E-state index contributed by atoms with van der Waals surface area (Å²) in [5, 5.41) is 13.0. The predicted octanol–water partition coefficient (Wildman–Crippen LogP) is 12.4. The SMILES string of the molecule is c1ccc(C2=NC(c3ccccc3)NC(c3c4ccccc4c(-c4cc5c6ccccc6oc5c5c4sc4ccccc45)c4ccccc34)=N2)cc1. The minimum absolute atomic E-state index is 0.295. The van der Waals surface area contributed by atoms with Crippen molar-refractivity contribution in [1.29, 1.82) is 0 Å². The lowest BCUT2D eigenvalue weighted by Gasteiger charge is -2.26. The lowest BCUT2D eigenvalue weighted by atomic mass is 9.86. The Morgan fingerprint density at radius 3 is 1.83 bits per heavy atom. The van der Waals surface area contributed by atoms with Crippen LogP contribution < -0.4 is 5.32 Å². The number of rotatable bonds is 4. The zero-order chi connectivity index (χ0) is 34.2. The number of amidine groups is 2. The summed E-state index contributed by atoms with van der Waals surface area (Å²) in [7, 11) is 0. The number of hydrogen-bond acceptors (Lipinski definition) is 5. The van der Waals surface area contributed by atoms with Gasteiger partial charge in [-0.15, -0.1) is 11.3 Å². The number of furan rings is 1. The maximum Gasteiger partial charge on any atom is 0.159 e. The van der Waals surface area contributed by atoms with Gasteiger partial charge >= 0.3 is 0 Å². The van der Waals surface area contributed by atoms with Crippen molar-refractivity contribution in [2.45, 2.75) is 6.17 Å². The molecule has 0 saturated heterocycles. The molecule has 1 aliphatic rings. The highest BCUT2D eigenvalue weighted by Crippen LogP contribution is 2.50. The van der Waals surface area contributed by atoms with Gasteiger partial charge in [0, 0.05) is 47.6 Å². The molecule has 1 aliphatic heterocycles. The monoisotopic (exact) mass is 683 g/mol. The maximum absolute atomic E-state index is 6.66. The fourth-order valence-electron chi connectivity index (χ4n) is 8.02. The van der Waals surface area contributed by atoms with Crippen LogP contribution in [0.4, 0.5) is 0 Å². The minimum Gasteiger partial charge on any atom is -0.455 e. The van der Waals surface area contributed by atoms with Gasteiger partial charge < -0.3 is 9.73 Å². The summed E-state index contributed by atoms with van der Waals surface area (Å²) >= 11 is 1.84. The van der Waals surface area contributed by atoms with Crippen LogP contribution in [-0.4, -0.2) is 11.7 Å². The topological polar surface area (TPSA) is 49.9 Å². The molecule has 5 heteroatoms. The van der Waals surface area contributed by atoms with Crippen LogP contribution in [0.15, 0.2) is 178 Å². The molecule has 0 bridgehead atoms. The first-order valence-electron chi connectivity index (χ1n) is 17.5. The normalized spacial score (nSPS) is 14.7. The van der Waals surface area contributed by atoms with Crippen molar-refractivity contribution in [2.24, 2.45) is 9.98 Å². The van der Waals surface area contributed by atoms with E-state index in [0.29, 0.717) is 5.84 Å². The molecule has 10 aromatic rings. The first-order valence-corrected chi connectivity index (χ1v) is 18.3. The molecule has 244 valence electrons. The fraction of sp³-hybridized carbons (Fsp3) is 0.0213. The van der Waals surface area contributed by atoms with Crippen LogP contribution in [-0.2, 0) is 0 Å². The predicted molar refractivity (Wildman–Crippen MR) is 219 cm³/mol. The van der Waals surface area contributed by atoms with E-state index in [1.165, 1.54) is 42.1 Å². The smallest absolute Gasteiger partial charge is 0.159 e. The average molecular weight is 684 g/mol. The second kappa shape index (κ2) is 11.5. The van der Waals surface area contributed by atoms with E-state index in [2.05, 4.69) is 139 Å². The van der Waals surface area contributed by atoms with Gasteiger partial charge in [0.25, 0.3) is 0 Å². The van der Waals surface area contributed by atoms with Gasteiger partial charge in [-0.2, -0.15) is 0 Å². The van der Waals surface area contributed by atoms with Gasteiger partial charge in [-0.1, -0.05) is 146 Å². The van der Waals surface area contributed by atoms with Crippen LogP contribution in [0.25, 0.3) is 74.8 Å². The van der Waals surface area contributed by atoms with E-state index in [1.54, 1.807) is 0 Å². The second-order valence-electron chi connectivity index (χ2n) is 13.3. The van der Waals surface area contributed by atoms with E-state index in [4.69, 9.17) is 14.4 Å². The summed E-state index contributed by atoms with van der Waals surface area (Å²) in [6.07, 6.45) is -0.295. The largest absolute Gasteiger partial charge is 0.455 e. The molecular formula is C47H29N3OS. The summed E-state index contributed by atoms with van der Waals surface area (Å²) < 4.78 is 9.14. The minimum atomic E-state index is -0.295. The molecule has 0 amide bonds. The maximum atomic E-state index is 6.66. The zero-order valence-electron chi connectivity index (χ0n) is 27.9. The van der Waals surface area contributed by atoms with Crippen LogP contribution >= 0.6 is 11.3 Å². The highest BCUT2D eigenvalue weighted by atomic mass is 32.1. The number of hydrogen-bond donors (Lipinski definition) is 1. The van der Waals surface area contributed by atoms with Gasteiger partial charge in [-0.05, 0) is 50.9 Å². The van der Waals surface area contributed by atoms with Crippen LogP contribution in [0.1, 0.15) is 22.9 Å². The third-order valence-corrected chi connectivity index (χ3v) is 11.5. The van der Waals surface area contributed by atoms with Crippen molar-refractivity contribution in [1.82, 2.24) is 5.32 Å². The van der Waals surface area contributed by atoms with E-state index < -0.39 is 0 Å². The number of fused-ring (bicyclic) bond motifs is 9. The van der Waals surface area contributed by atoms with Crippen LogP contribution in [0.3, 0.4) is 0 Å². The van der Waals surface area contributed by atoms with E-state index in [-0.39, 0.29) is 6.17 Å². The first-order chi connectivity index (χ1) is 25.8. The van der Waals surface area contributed by atoms with Crippen LogP contribution in [0, 0.1) is 0 Å². The molecule has 0 radical (unpaired) electrons. The van der Waals surface area contributed by atoms with Crippen molar-refractivity contribution < 1.29 is 4.42 Å². The van der Waals surface area contributed by atoms with Gasteiger partial charge in [0.15, 0.2) is 5.84 Å². The number of aliphatic imine (C=N–C) groups is 2. The molecule has 1 unspecified atom stereocenters. The molecule has 11 rings (SSSR count). The van der Waals surface area contributed by atoms with Crippen molar-refractivity contribution in [2.75, 3.05) is 0 Å². The third kappa shape index (κ3) is 4.39. The third-order valence-electron chi connectivity index (χ3n) is 10.3. The summed E-state index contributed by atoms with van der Waals surface area (Å²) in [6, 6.07) is 57.7. The molecule has 0 aliphatic carbocycles. The molecular weight excluding hydrogens is 655 g/mol. The molecule has 1 atom stereocenters. The highest BCUT2D eigenvalue weighted by molar-refractivity contribution is 7.26. The summed E-state index contributed by atoms with van der Waals surface area (Å²) in [6.45, 7) is 0. The van der Waals surface area contributed by atoms with E-state index in [0.717, 1.165) is 55.2 Å². The average Bonchev–Trinajstić information content (AvgIpc) is 3.79. The molecule has 4 nitrogen and oxygen atoms in total. The number of para-hydroxylation sites is 1. The lowest BCUT2D eigenvalue weighted by molar-refractivity contribution is 0.673. The van der Waals surface area contributed by atoms with E-state index in [9.17, 15) is 0 Å². The van der Waals surface area contributed by atoms with E-state index in [1.807, 2.05) is 41.7 Å². The van der Waals surface area contributed by atoms with Gasteiger partial charge in [0.2, 0.25) is 0 Å². The molecule has 2 aromatic heterocycles. The number of benzene rings is 8. The van der Waals surface area contributed by atoms with Crippen LogP contribution in [0.5, 0.6) is 0 Å². The van der Waals surface area contributed by atoms with Gasteiger partial charge in [0.1, 0.15) is 23.2 Å². The number of nitrogens with one attached hydrogen (secondary N) is 1. The van der Waals surface area contributed by atoms with Crippen molar-refractivity contribution >= 4 is 86.7 Å². The Morgan fingerprint density at radius 1 is 0.538 bits per heavy atom.